The molecule has 0 spiro atoms. The van der Waals surface area contributed by atoms with Crippen molar-refractivity contribution in [2.24, 2.45) is 5.41 Å². The molecule has 2 aliphatic heterocycles. The van der Waals surface area contributed by atoms with Crippen LogP contribution in [0.3, 0.4) is 0 Å². The number of aryl methyl sites for hydroxylation is 1. The maximum Gasteiger partial charge on any atom is 0.243 e. The molecule has 2 atom stereocenters. The summed E-state index contributed by atoms with van der Waals surface area (Å²) in [5.74, 6) is -0.284. The number of benzene rings is 2. The quantitative estimate of drug-likeness (QED) is 0.501. The molecule has 3 fully saturated rings. The summed E-state index contributed by atoms with van der Waals surface area (Å²) in [6, 6.07) is 9.36. The van der Waals surface area contributed by atoms with Gasteiger partial charge >= 0.3 is 0 Å². The van der Waals surface area contributed by atoms with Gasteiger partial charge in [-0.25, -0.2) is 12.8 Å². The highest BCUT2D eigenvalue weighted by Gasteiger charge is 2.57. The molecular formula is C29H39ClFN3O3S. The summed E-state index contributed by atoms with van der Waals surface area (Å²) in [5.41, 5.74) is 2.08. The van der Waals surface area contributed by atoms with Crippen LogP contribution in [0.15, 0.2) is 41.3 Å². The van der Waals surface area contributed by atoms with Crippen molar-refractivity contribution in [1.82, 2.24) is 14.1 Å². The van der Waals surface area contributed by atoms with Gasteiger partial charge < -0.3 is 10.0 Å². The van der Waals surface area contributed by atoms with E-state index < -0.39 is 16.1 Å². The lowest BCUT2D eigenvalue weighted by molar-refractivity contribution is 0.0593. The molecule has 0 amide bonds. The van der Waals surface area contributed by atoms with E-state index in [1.165, 1.54) is 0 Å². The first-order valence-corrected chi connectivity index (χ1v) is 15.6. The zero-order valence-corrected chi connectivity index (χ0v) is 23.9. The lowest BCUT2D eigenvalue weighted by Gasteiger charge is -2.47. The number of β-amino-alcohol motifs (C(OH)–C–C–N with tert-alkyl or cyclic N) is 1. The number of halogens is 2. The van der Waals surface area contributed by atoms with Crippen molar-refractivity contribution in [2.75, 3.05) is 45.9 Å². The zero-order chi connectivity index (χ0) is 27.1. The van der Waals surface area contributed by atoms with Gasteiger partial charge in [0, 0.05) is 50.3 Å². The Bertz CT molecular complexity index is 1220. The fourth-order valence-electron chi connectivity index (χ4n) is 6.48. The van der Waals surface area contributed by atoms with Gasteiger partial charge in [-0.15, -0.1) is 0 Å². The molecule has 1 saturated carbocycles. The fraction of sp³-hybridized carbons (Fsp3) is 0.586. The van der Waals surface area contributed by atoms with Gasteiger partial charge in [-0.3, -0.25) is 4.90 Å². The summed E-state index contributed by atoms with van der Waals surface area (Å²) in [6.07, 6.45) is 4.37. The van der Waals surface area contributed by atoms with Crippen molar-refractivity contribution < 1.29 is 17.9 Å². The summed E-state index contributed by atoms with van der Waals surface area (Å²) < 4.78 is 45.4. The molecule has 2 unspecified atom stereocenters. The van der Waals surface area contributed by atoms with E-state index in [-0.39, 0.29) is 28.8 Å². The number of sulfonamides is 1. The first kappa shape index (κ1) is 28.0. The van der Waals surface area contributed by atoms with E-state index in [9.17, 15) is 17.9 Å². The Morgan fingerprint density at radius 2 is 1.68 bits per heavy atom. The van der Waals surface area contributed by atoms with Gasteiger partial charge in [0.2, 0.25) is 10.0 Å². The Balaban J connectivity index is 1.50. The molecule has 0 radical (unpaired) electrons. The first-order chi connectivity index (χ1) is 18.1. The molecule has 5 rings (SSSR count). The highest BCUT2D eigenvalue weighted by Crippen LogP contribution is 2.57. The van der Waals surface area contributed by atoms with Crippen LogP contribution in [0.25, 0.3) is 0 Å². The van der Waals surface area contributed by atoms with Crippen LogP contribution in [-0.4, -0.2) is 79.5 Å². The molecule has 1 aliphatic carbocycles. The Morgan fingerprint density at radius 3 is 2.29 bits per heavy atom. The fourth-order valence-corrected chi connectivity index (χ4v) is 8.56. The van der Waals surface area contributed by atoms with E-state index in [4.69, 9.17) is 11.6 Å². The Kier molecular flexibility index (Phi) is 8.21. The normalized spacial score (nSPS) is 25.0. The highest BCUT2D eigenvalue weighted by atomic mass is 35.5. The van der Waals surface area contributed by atoms with Gasteiger partial charge in [-0.2, -0.15) is 4.31 Å². The standard InChI is InChI=1S/C29H39ClFN3O3S/c1-21-18-23(19-26(31)22(21)2)27-4-3-5-28(34(27)38(36,37)25-8-6-24(30)7-9-25)29(10-11-29)20-33-14-12-32(13-15-33)16-17-35/h6-9,18-19,27-28,35H,3-5,10-17,20H2,1-2H3. The van der Waals surface area contributed by atoms with Crippen molar-refractivity contribution in [2.45, 2.75) is 62.9 Å². The SMILES string of the molecule is Cc1cc(C2CCCC(C3(CN4CCN(CCO)CC4)CC3)N2S(=O)(=O)c2ccc(Cl)cc2)cc(F)c1C. The molecular weight excluding hydrogens is 525 g/mol. The summed E-state index contributed by atoms with van der Waals surface area (Å²) in [5, 5.41) is 9.78. The van der Waals surface area contributed by atoms with Crippen LogP contribution in [0.4, 0.5) is 4.39 Å². The number of hydrogen-bond donors (Lipinski definition) is 1. The number of piperazine rings is 1. The van der Waals surface area contributed by atoms with Gasteiger partial charge in [0.15, 0.2) is 0 Å². The Labute approximate surface area is 231 Å². The van der Waals surface area contributed by atoms with E-state index in [1.807, 2.05) is 13.0 Å². The molecule has 2 saturated heterocycles. The molecule has 6 nitrogen and oxygen atoms in total. The maximum absolute atomic E-state index is 14.9. The second kappa shape index (κ2) is 11.1. The van der Waals surface area contributed by atoms with Crippen molar-refractivity contribution >= 4 is 21.6 Å². The molecule has 1 N–H and O–H groups in total. The largest absolute Gasteiger partial charge is 0.395 e. The van der Waals surface area contributed by atoms with E-state index in [0.29, 0.717) is 23.6 Å². The predicted molar refractivity (Wildman–Crippen MR) is 148 cm³/mol. The molecule has 0 bridgehead atoms. The topological polar surface area (TPSA) is 64.1 Å². The van der Waals surface area contributed by atoms with Crippen LogP contribution >= 0.6 is 11.6 Å². The highest BCUT2D eigenvalue weighted by molar-refractivity contribution is 7.89. The second-order valence-electron chi connectivity index (χ2n) is 11.4. The molecule has 208 valence electrons. The average Bonchev–Trinajstić information content (AvgIpc) is 3.68. The van der Waals surface area contributed by atoms with Gasteiger partial charge in [0.05, 0.1) is 17.5 Å². The van der Waals surface area contributed by atoms with Gasteiger partial charge in [0.25, 0.3) is 0 Å². The lowest BCUT2D eigenvalue weighted by Crippen LogP contribution is -2.54. The smallest absolute Gasteiger partial charge is 0.243 e. The monoisotopic (exact) mass is 563 g/mol. The number of piperidine rings is 1. The summed E-state index contributed by atoms with van der Waals surface area (Å²) in [6.45, 7) is 9.06. The summed E-state index contributed by atoms with van der Waals surface area (Å²) in [7, 11) is -3.86. The van der Waals surface area contributed by atoms with E-state index >= 15 is 0 Å². The Morgan fingerprint density at radius 1 is 1.03 bits per heavy atom. The van der Waals surface area contributed by atoms with Crippen LogP contribution in [0.1, 0.15) is 54.8 Å². The lowest BCUT2D eigenvalue weighted by atomic mass is 9.84. The van der Waals surface area contributed by atoms with E-state index in [0.717, 1.165) is 69.5 Å². The van der Waals surface area contributed by atoms with Crippen molar-refractivity contribution in [3.05, 3.63) is 63.9 Å². The van der Waals surface area contributed by atoms with Crippen molar-refractivity contribution in [3.63, 3.8) is 0 Å². The van der Waals surface area contributed by atoms with Crippen LogP contribution in [0.2, 0.25) is 5.02 Å². The van der Waals surface area contributed by atoms with Gasteiger partial charge in [-0.05, 0) is 98.4 Å². The molecule has 2 heterocycles. The molecule has 0 aromatic heterocycles. The third kappa shape index (κ3) is 5.54. The van der Waals surface area contributed by atoms with Gasteiger partial charge in [0.1, 0.15) is 5.82 Å². The third-order valence-electron chi connectivity index (χ3n) is 8.99. The van der Waals surface area contributed by atoms with E-state index in [1.54, 1.807) is 41.6 Å². The van der Waals surface area contributed by atoms with Crippen LogP contribution < -0.4 is 0 Å². The molecule has 38 heavy (non-hydrogen) atoms. The minimum absolute atomic E-state index is 0.102. The molecule has 2 aromatic carbocycles. The van der Waals surface area contributed by atoms with E-state index in [2.05, 4.69) is 9.80 Å². The number of nitrogens with zero attached hydrogens (tertiary/aromatic N) is 3. The van der Waals surface area contributed by atoms with Crippen LogP contribution in [0.5, 0.6) is 0 Å². The number of hydrogen-bond acceptors (Lipinski definition) is 5. The van der Waals surface area contributed by atoms with Crippen molar-refractivity contribution in [3.8, 4) is 0 Å². The summed E-state index contributed by atoms with van der Waals surface area (Å²) in [4.78, 5) is 4.97. The predicted octanol–water partition coefficient (Wildman–Crippen LogP) is 4.77. The maximum atomic E-state index is 14.9. The second-order valence-corrected chi connectivity index (χ2v) is 13.7. The average molecular weight is 564 g/mol. The molecule has 9 heteroatoms. The zero-order valence-electron chi connectivity index (χ0n) is 22.4. The third-order valence-corrected chi connectivity index (χ3v) is 11.2. The minimum Gasteiger partial charge on any atom is -0.395 e. The van der Waals surface area contributed by atoms with Gasteiger partial charge in [-0.1, -0.05) is 17.7 Å². The van der Waals surface area contributed by atoms with Crippen molar-refractivity contribution in [1.29, 1.82) is 0 Å². The van der Waals surface area contributed by atoms with Crippen LogP contribution in [-0.2, 0) is 10.0 Å². The number of aliphatic hydroxyl groups excluding tert-OH is 1. The molecule has 2 aromatic rings. The minimum atomic E-state index is -3.86. The summed E-state index contributed by atoms with van der Waals surface area (Å²) >= 11 is 6.10. The first-order valence-electron chi connectivity index (χ1n) is 13.8. The Hall–Kier alpha value is -1.55. The number of aliphatic hydroxyl groups is 1. The number of rotatable bonds is 8. The van der Waals surface area contributed by atoms with Crippen LogP contribution in [0, 0.1) is 25.1 Å². The molecule has 3 aliphatic rings.